The van der Waals surface area contributed by atoms with E-state index >= 15 is 0 Å². The molecule has 0 bridgehead atoms. The zero-order valence-corrected chi connectivity index (χ0v) is 11.9. The normalized spacial score (nSPS) is 14.1. The third kappa shape index (κ3) is 2.33. The summed E-state index contributed by atoms with van der Waals surface area (Å²) in [4.78, 5) is 3.99. The van der Waals surface area contributed by atoms with E-state index in [4.69, 9.17) is 13.3 Å². The van der Waals surface area contributed by atoms with E-state index < -0.39 is 8.80 Å². The molecular weight excluding hydrogens is 244 g/mol. The molecule has 92 valence electrons. The lowest BCUT2D eigenvalue weighted by Crippen LogP contribution is -2.48. The summed E-state index contributed by atoms with van der Waals surface area (Å²) in [6.45, 7) is 2.87. The maximum atomic E-state index is 5.39. The van der Waals surface area contributed by atoms with Gasteiger partial charge < -0.3 is 17.8 Å². The molecule has 1 heterocycles. The van der Waals surface area contributed by atoms with Crippen molar-refractivity contribution in [3.05, 3.63) is 18.2 Å². The summed E-state index contributed by atoms with van der Waals surface area (Å²) >= 11 is 4.53. The smallest absolute Gasteiger partial charge is 0.376 e. The van der Waals surface area contributed by atoms with Crippen molar-refractivity contribution in [1.82, 2.24) is 9.55 Å². The standard InChI is InChI=1S/C9H18N2O3SSi/c1-5-11-7-6-10-8(11)9(15)16(12-2,13-3)14-4/h6-7,9,15H,5H2,1-4H3. The molecule has 16 heavy (non-hydrogen) atoms. The molecule has 0 aliphatic rings. The van der Waals surface area contributed by atoms with Gasteiger partial charge in [0.2, 0.25) is 0 Å². The summed E-state index contributed by atoms with van der Waals surface area (Å²) in [7, 11) is 1.92. The predicted molar refractivity (Wildman–Crippen MR) is 66.4 cm³/mol. The van der Waals surface area contributed by atoms with Gasteiger partial charge in [-0.05, 0) is 6.92 Å². The Kier molecular flexibility index (Phi) is 5.00. The number of aryl methyl sites for hydroxylation is 1. The first-order valence-electron chi connectivity index (χ1n) is 4.99. The average molecular weight is 262 g/mol. The van der Waals surface area contributed by atoms with E-state index in [2.05, 4.69) is 17.6 Å². The Morgan fingerprint density at radius 2 is 1.94 bits per heavy atom. The van der Waals surface area contributed by atoms with Crippen LogP contribution in [0.2, 0.25) is 0 Å². The molecule has 0 N–H and O–H groups in total. The number of aromatic nitrogens is 2. The lowest BCUT2D eigenvalue weighted by molar-refractivity contribution is 0.120. The van der Waals surface area contributed by atoms with Crippen LogP contribution in [0.5, 0.6) is 0 Å². The molecule has 0 aliphatic heterocycles. The van der Waals surface area contributed by atoms with E-state index in [-0.39, 0.29) is 4.87 Å². The molecule has 1 aromatic heterocycles. The molecule has 0 saturated carbocycles. The second kappa shape index (κ2) is 5.83. The van der Waals surface area contributed by atoms with Crippen LogP contribution in [-0.4, -0.2) is 39.7 Å². The van der Waals surface area contributed by atoms with Crippen LogP contribution in [0.4, 0.5) is 0 Å². The lowest BCUT2D eigenvalue weighted by Gasteiger charge is -2.29. The zero-order valence-electron chi connectivity index (χ0n) is 10.0. The van der Waals surface area contributed by atoms with Crippen molar-refractivity contribution in [3.63, 3.8) is 0 Å². The lowest BCUT2D eigenvalue weighted by atomic mass is 10.6. The Morgan fingerprint density at radius 3 is 2.38 bits per heavy atom. The van der Waals surface area contributed by atoms with Gasteiger partial charge in [-0.15, -0.1) is 0 Å². The van der Waals surface area contributed by atoms with Crippen LogP contribution in [0.15, 0.2) is 12.4 Å². The number of nitrogens with zero attached hydrogens (tertiary/aromatic N) is 2. The third-order valence-electron chi connectivity index (χ3n) is 2.52. The Morgan fingerprint density at radius 1 is 1.38 bits per heavy atom. The van der Waals surface area contributed by atoms with Crippen molar-refractivity contribution >= 4 is 21.4 Å². The van der Waals surface area contributed by atoms with Gasteiger partial charge in [0, 0.05) is 40.3 Å². The number of hydrogen-bond acceptors (Lipinski definition) is 5. The van der Waals surface area contributed by atoms with Gasteiger partial charge in [-0.2, -0.15) is 12.6 Å². The highest BCUT2D eigenvalue weighted by Crippen LogP contribution is 2.30. The van der Waals surface area contributed by atoms with Gasteiger partial charge in [-0.25, -0.2) is 4.98 Å². The molecule has 1 unspecified atom stereocenters. The summed E-state index contributed by atoms with van der Waals surface area (Å²) in [5.74, 6) is 0.808. The van der Waals surface area contributed by atoms with Crippen LogP contribution in [0.25, 0.3) is 0 Å². The van der Waals surface area contributed by atoms with Gasteiger partial charge in [0.1, 0.15) is 10.7 Å². The summed E-state index contributed by atoms with van der Waals surface area (Å²) in [6, 6.07) is 0. The third-order valence-corrected chi connectivity index (χ3v) is 6.34. The quantitative estimate of drug-likeness (QED) is 0.620. The molecule has 1 aromatic rings. The molecule has 5 nitrogen and oxygen atoms in total. The van der Waals surface area contributed by atoms with E-state index in [0.717, 1.165) is 12.4 Å². The van der Waals surface area contributed by atoms with E-state index in [1.807, 2.05) is 17.7 Å². The van der Waals surface area contributed by atoms with Crippen LogP contribution in [0.3, 0.4) is 0 Å². The molecule has 0 aliphatic carbocycles. The molecule has 0 fully saturated rings. The number of rotatable bonds is 6. The molecule has 0 radical (unpaired) electrons. The topological polar surface area (TPSA) is 45.5 Å². The van der Waals surface area contributed by atoms with E-state index in [0.29, 0.717) is 0 Å². The Labute approximate surface area is 103 Å². The van der Waals surface area contributed by atoms with E-state index in [1.165, 1.54) is 0 Å². The predicted octanol–water partition coefficient (Wildman–Crippen LogP) is 1.29. The zero-order chi connectivity index (χ0) is 12.2. The summed E-state index contributed by atoms with van der Waals surface area (Å²) < 4.78 is 18.2. The average Bonchev–Trinajstić information content (AvgIpc) is 2.79. The minimum atomic E-state index is -2.79. The fourth-order valence-electron chi connectivity index (χ4n) is 1.58. The van der Waals surface area contributed by atoms with Gasteiger partial charge in [0.15, 0.2) is 0 Å². The van der Waals surface area contributed by atoms with Crippen LogP contribution in [0.1, 0.15) is 17.6 Å². The van der Waals surface area contributed by atoms with E-state index in [9.17, 15) is 0 Å². The number of imidazole rings is 1. The summed E-state index contributed by atoms with van der Waals surface area (Å²) in [6.07, 6.45) is 3.64. The van der Waals surface area contributed by atoms with Gasteiger partial charge in [0.05, 0.1) is 0 Å². The highest BCUT2D eigenvalue weighted by atomic mass is 32.1. The monoisotopic (exact) mass is 262 g/mol. The first-order chi connectivity index (χ1) is 7.65. The summed E-state index contributed by atoms with van der Waals surface area (Å²) in [5, 5.41) is 0. The second-order valence-corrected chi connectivity index (χ2v) is 7.20. The van der Waals surface area contributed by atoms with Gasteiger partial charge >= 0.3 is 8.80 Å². The van der Waals surface area contributed by atoms with Crippen LogP contribution >= 0.6 is 12.6 Å². The maximum Gasteiger partial charge on any atom is 0.521 e. The van der Waals surface area contributed by atoms with Crippen molar-refractivity contribution in [3.8, 4) is 0 Å². The van der Waals surface area contributed by atoms with Crippen LogP contribution in [0, 0.1) is 0 Å². The molecule has 0 spiro atoms. The van der Waals surface area contributed by atoms with Crippen molar-refractivity contribution in [2.75, 3.05) is 21.3 Å². The maximum absolute atomic E-state index is 5.39. The molecule has 1 rings (SSSR count). The molecule has 0 saturated heterocycles. The molecule has 7 heteroatoms. The minimum absolute atomic E-state index is 0.289. The van der Waals surface area contributed by atoms with Crippen LogP contribution < -0.4 is 0 Å². The van der Waals surface area contributed by atoms with Gasteiger partial charge in [0.25, 0.3) is 0 Å². The van der Waals surface area contributed by atoms with Gasteiger partial charge in [-0.3, -0.25) is 0 Å². The minimum Gasteiger partial charge on any atom is -0.376 e. The Bertz CT molecular complexity index is 322. The largest absolute Gasteiger partial charge is 0.521 e. The number of thiol groups is 1. The Hall–Kier alpha value is -0.343. The molecule has 1 atom stereocenters. The molecule has 0 aromatic carbocycles. The van der Waals surface area contributed by atoms with Crippen molar-refractivity contribution < 1.29 is 13.3 Å². The second-order valence-electron chi connectivity index (χ2n) is 3.19. The highest BCUT2D eigenvalue weighted by molar-refractivity contribution is 7.82. The van der Waals surface area contributed by atoms with Crippen molar-refractivity contribution in [2.45, 2.75) is 18.3 Å². The molecular formula is C9H18N2O3SSi. The first kappa shape index (κ1) is 13.7. The fourth-order valence-corrected chi connectivity index (χ4v) is 4.47. The number of hydrogen-bond donors (Lipinski definition) is 1. The summed E-state index contributed by atoms with van der Waals surface area (Å²) in [5.41, 5.74) is 0. The van der Waals surface area contributed by atoms with Crippen molar-refractivity contribution in [2.24, 2.45) is 0 Å². The van der Waals surface area contributed by atoms with Gasteiger partial charge in [-0.1, -0.05) is 0 Å². The van der Waals surface area contributed by atoms with Crippen molar-refractivity contribution in [1.29, 1.82) is 0 Å². The highest BCUT2D eigenvalue weighted by Gasteiger charge is 2.48. The van der Waals surface area contributed by atoms with E-state index in [1.54, 1.807) is 27.5 Å². The first-order valence-corrected chi connectivity index (χ1v) is 7.31. The SMILES string of the molecule is CCn1ccnc1C(S)[Si](OC)(OC)OC. The molecule has 0 amide bonds. The van der Waals surface area contributed by atoms with Crippen LogP contribution in [-0.2, 0) is 19.8 Å². The fraction of sp³-hybridized carbons (Fsp3) is 0.667. The Balaban J connectivity index is 3.03.